The second kappa shape index (κ2) is 6.53. The Morgan fingerprint density at radius 2 is 2.14 bits per heavy atom. The minimum atomic E-state index is -0.241. The highest BCUT2D eigenvalue weighted by molar-refractivity contribution is 7.15. The first-order chi connectivity index (χ1) is 10.0. The quantitative estimate of drug-likeness (QED) is 0.838. The van der Waals surface area contributed by atoms with E-state index in [0.29, 0.717) is 16.3 Å². The normalized spacial score (nSPS) is 9.90. The molecule has 21 heavy (non-hydrogen) atoms. The van der Waals surface area contributed by atoms with Crippen LogP contribution in [0.25, 0.3) is 0 Å². The second-order valence-electron chi connectivity index (χ2n) is 4.62. The molecule has 0 bridgehead atoms. The van der Waals surface area contributed by atoms with Crippen molar-refractivity contribution in [2.75, 3.05) is 11.9 Å². The lowest BCUT2D eigenvalue weighted by Crippen LogP contribution is -2.13. The van der Waals surface area contributed by atoms with Crippen molar-refractivity contribution in [3.63, 3.8) is 0 Å². The van der Waals surface area contributed by atoms with E-state index in [9.17, 15) is 4.79 Å². The Kier molecular flexibility index (Phi) is 4.73. The van der Waals surface area contributed by atoms with Gasteiger partial charge < -0.3 is 5.11 Å². The van der Waals surface area contributed by atoms with Gasteiger partial charge in [0.2, 0.25) is 0 Å². The Hall–Kier alpha value is -2.16. The van der Waals surface area contributed by atoms with E-state index in [1.807, 2.05) is 26.8 Å². The number of carbonyl (C=O) groups is 1. The Morgan fingerprint density at radius 1 is 1.38 bits per heavy atom. The lowest BCUT2D eigenvalue weighted by molar-refractivity contribution is 0.102. The number of thiazole rings is 1. The zero-order valence-corrected chi connectivity index (χ0v) is 13.0. The summed E-state index contributed by atoms with van der Waals surface area (Å²) < 4.78 is 0. The summed E-state index contributed by atoms with van der Waals surface area (Å²) in [6.07, 6.45) is 0. The van der Waals surface area contributed by atoms with Crippen LogP contribution in [-0.4, -0.2) is 22.6 Å². The molecule has 1 aromatic carbocycles. The van der Waals surface area contributed by atoms with Crippen LogP contribution in [0.4, 0.5) is 5.13 Å². The molecule has 2 rings (SSSR count). The summed E-state index contributed by atoms with van der Waals surface area (Å²) in [6.45, 7) is 5.55. The first kappa shape index (κ1) is 15.2. The summed E-state index contributed by atoms with van der Waals surface area (Å²) in [7, 11) is 0. The molecule has 108 valence electrons. The Bertz CT molecular complexity index is 719. The van der Waals surface area contributed by atoms with Crippen LogP contribution in [0.2, 0.25) is 0 Å². The van der Waals surface area contributed by atoms with Crippen molar-refractivity contribution < 1.29 is 9.90 Å². The average molecular weight is 300 g/mol. The highest BCUT2D eigenvalue weighted by Crippen LogP contribution is 2.22. The minimum absolute atomic E-state index is 0.236. The van der Waals surface area contributed by atoms with E-state index in [1.54, 1.807) is 12.1 Å². The molecule has 1 amide bonds. The molecule has 0 saturated carbocycles. The van der Waals surface area contributed by atoms with Crippen LogP contribution in [0, 0.1) is 32.6 Å². The summed E-state index contributed by atoms with van der Waals surface area (Å²) in [6, 6.07) is 5.45. The monoisotopic (exact) mass is 300 g/mol. The molecule has 0 saturated heterocycles. The predicted molar refractivity (Wildman–Crippen MR) is 84.7 cm³/mol. The maximum atomic E-state index is 12.4. The number of hydrogen-bond donors (Lipinski definition) is 2. The van der Waals surface area contributed by atoms with E-state index in [1.165, 1.54) is 11.3 Å². The molecule has 0 aliphatic heterocycles. The number of rotatable bonds is 2. The number of hydrogen-bond acceptors (Lipinski definition) is 4. The molecular weight excluding hydrogens is 284 g/mol. The molecule has 0 spiro atoms. The van der Waals surface area contributed by atoms with Crippen molar-refractivity contribution in [2.45, 2.75) is 20.8 Å². The van der Waals surface area contributed by atoms with Crippen LogP contribution in [0.5, 0.6) is 0 Å². The molecule has 0 aliphatic rings. The maximum Gasteiger partial charge on any atom is 0.258 e. The molecule has 1 heterocycles. The molecule has 0 aliphatic carbocycles. The van der Waals surface area contributed by atoms with Gasteiger partial charge in [0.05, 0.1) is 11.3 Å². The molecule has 0 unspecified atom stereocenters. The van der Waals surface area contributed by atoms with E-state index in [2.05, 4.69) is 22.1 Å². The first-order valence-corrected chi connectivity index (χ1v) is 7.28. The van der Waals surface area contributed by atoms with Crippen molar-refractivity contribution in [3.8, 4) is 11.8 Å². The summed E-state index contributed by atoms with van der Waals surface area (Å²) in [5, 5.41) is 12.2. The van der Waals surface area contributed by atoms with Crippen molar-refractivity contribution >= 4 is 22.4 Å². The van der Waals surface area contributed by atoms with E-state index in [0.717, 1.165) is 16.1 Å². The van der Waals surface area contributed by atoms with Gasteiger partial charge >= 0.3 is 0 Å². The van der Waals surface area contributed by atoms with Crippen molar-refractivity contribution in [1.82, 2.24) is 4.98 Å². The zero-order chi connectivity index (χ0) is 15.4. The van der Waals surface area contributed by atoms with Crippen LogP contribution >= 0.6 is 11.3 Å². The van der Waals surface area contributed by atoms with Crippen LogP contribution in [0.15, 0.2) is 18.2 Å². The number of carbonyl (C=O) groups excluding carboxylic acids is 1. The third-order valence-corrected chi connectivity index (χ3v) is 3.96. The highest BCUT2D eigenvalue weighted by Gasteiger charge is 2.13. The fourth-order valence-electron chi connectivity index (χ4n) is 1.78. The molecular formula is C16H16N2O2S. The summed E-state index contributed by atoms with van der Waals surface area (Å²) >= 11 is 1.45. The highest BCUT2D eigenvalue weighted by atomic mass is 32.1. The van der Waals surface area contributed by atoms with E-state index < -0.39 is 0 Å². The molecule has 0 atom stereocenters. The Morgan fingerprint density at radius 3 is 2.76 bits per heavy atom. The Labute approximate surface area is 127 Å². The molecule has 4 nitrogen and oxygen atoms in total. The van der Waals surface area contributed by atoms with Crippen molar-refractivity contribution in [1.29, 1.82) is 0 Å². The van der Waals surface area contributed by atoms with E-state index >= 15 is 0 Å². The van der Waals surface area contributed by atoms with Crippen LogP contribution in [-0.2, 0) is 0 Å². The van der Waals surface area contributed by atoms with Crippen molar-refractivity contribution in [2.24, 2.45) is 0 Å². The number of aliphatic hydroxyl groups excluding tert-OH is 1. The number of benzene rings is 1. The molecule has 2 N–H and O–H groups in total. The molecule has 5 heteroatoms. The summed E-state index contributed by atoms with van der Waals surface area (Å²) in [5.41, 5.74) is 2.97. The van der Waals surface area contributed by atoms with E-state index in [-0.39, 0.29) is 12.5 Å². The molecule has 0 fully saturated rings. The third-order valence-electron chi connectivity index (χ3n) is 2.97. The number of nitrogens with one attached hydrogen (secondary N) is 1. The molecule has 1 aromatic heterocycles. The van der Waals surface area contributed by atoms with Gasteiger partial charge in [0.25, 0.3) is 5.91 Å². The van der Waals surface area contributed by atoms with Crippen LogP contribution < -0.4 is 5.32 Å². The number of nitrogens with zero attached hydrogens (tertiary/aromatic N) is 1. The number of amides is 1. The lowest BCUT2D eigenvalue weighted by Gasteiger charge is -2.06. The maximum absolute atomic E-state index is 12.4. The number of aliphatic hydroxyl groups is 1. The largest absolute Gasteiger partial charge is 0.384 e. The van der Waals surface area contributed by atoms with Crippen LogP contribution in [0.1, 0.15) is 32.1 Å². The van der Waals surface area contributed by atoms with Gasteiger partial charge in [-0.25, -0.2) is 4.98 Å². The third kappa shape index (κ3) is 3.69. The van der Waals surface area contributed by atoms with Gasteiger partial charge in [-0.1, -0.05) is 23.5 Å². The van der Waals surface area contributed by atoms with Gasteiger partial charge in [-0.15, -0.1) is 11.3 Å². The molecule has 0 radical (unpaired) electrons. The standard InChI is InChI=1S/C16H16N2O2S/c1-10-6-7-13(5-4-8-19)14(9-10)15(20)18-16-17-11(2)12(3)21-16/h6-7,9,19H,8H2,1-3H3,(H,17,18,20). The average Bonchev–Trinajstić information content (AvgIpc) is 2.75. The van der Waals surface area contributed by atoms with Gasteiger partial charge in [0.15, 0.2) is 5.13 Å². The van der Waals surface area contributed by atoms with Crippen LogP contribution in [0.3, 0.4) is 0 Å². The van der Waals surface area contributed by atoms with Gasteiger partial charge in [0, 0.05) is 10.4 Å². The predicted octanol–water partition coefficient (Wildman–Crippen LogP) is 2.66. The Balaban J connectivity index is 2.31. The first-order valence-electron chi connectivity index (χ1n) is 6.47. The second-order valence-corrected chi connectivity index (χ2v) is 5.83. The summed E-state index contributed by atoms with van der Waals surface area (Å²) in [5.74, 6) is 5.12. The van der Waals surface area contributed by atoms with Gasteiger partial charge in [-0.05, 0) is 32.9 Å². The number of anilines is 1. The lowest BCUT2D eigenvalue weighted by atomic mass is 10.0. The fourth-order valence-corrected chi connectivity index (χ4v) is 2.59. The fraction of sp³-hybridized carbons (Fsp3) is 0.250. The zero-order valence-electron chi connectivity index (χ0n) is 12.2. The number of aromatic nitrogens is 1. The topological polar surface area (TPSA) is 62.2 Å². The smallest absolute Gasteiger partial charge is 0.258 e. The van der Waals surface area contributed by atoms with E-state index in [4.69, 9.17) is 5.11 Å². The SMILES string of the molecule is Cc1ccc(C#CCO)c(C(=O)Nc2nc(C)c(C)s2)c1. The van der Waals surface area contributed by atoms with Gasteiger partial charge in [0.1, 0.15) is 6.61 Å². The summed E-state index contributed by atoms with van der Waals surface area (Å²) in [4.78, 5) is 17.8. The van der Waals surface area contributed by atoms with Gasteiger partial charge in [-0.3, -0.25) is 10.1 Å². The van der Waals surface area contributed by atoms with Gasteiger partial charge in [-0.2, -0.15) is 0 Å². The van der Waals surface area contributed by atoms with Crippen molar-refractivity contribution in [3.05, 3.63) is 45.5 Å². The minimum Gasteiger partial charge on any atom is -0.384 e. The number of aryl methyl sites for hydroxylation is 3. The molecule has 2 aromatic rings.